The molecule has 1 aromatic rings. The van der Waals surface area contributed by atoms with E-state index in [0.717, 1.165) is 22.3 Å². The van der Waals surface area contributed by atoms with Gasteiger partial charge in [0.05, 0.1) is 37.1 Å². The molecule has 1 aliphatic carbocycles. The fourth-order valence-corrected chi connectivity index (χ4v) is 11.1. The number of cyclic esters (lactones) is 1. The van der Waals surface area contributed by atoms with Crippen LogP contribution in [0.3, 0.4) is 0 Å². The van der Waals surface area contributed by atoms with E-state index in [0.29, 0.717) is 56.9 Å². The monoisotopic (exact) mass is 940 g/mol. The molecule has 1 unspecified atom stereocenters. The number of piperidine rings is 1. The molecule has 67 heavy (non-hydrogen) atoms. The summed E-state index contributed by atoms with van der Waals surface area (Å²) in [6, 6.07) is 4.83. The van der Waals surface area contributed by atoms with Gasteiger partial charge < -0.3 is 48.6 Å². The molecule has 3 N–H and O–H groups in total. The number of fused-ring (bicyclic) bond motifs is 3. The van der Waals surface area contributed by atoms with Crippen LogP contribution in [0.5, 0.6) is 0 Å². The Hall–Kier alpha value is -3.34. The molecule has 376 valence electrons. The summed E-state index contributed by atoms with van der Waals surface area (Å²) in [5.74, 6) is -7.62. The maximum absolute atomic E-state index is 14.5. The van der Waals surface area contributed by atoms with Gasteiger partial charge in [-0.25, -0.2) is 4.79 Å². The Labute approximate surface area is 399 Å². The highest BCUT2D eigenvalue weighted by atomic mass is 16.7. The largest absolute Gasteiger partial charge is 0.456 e. The Morgan fingerprint density at radius 3 is 2.18 bits per heavy atom. The van der Waals surface area contributed by atoms with Gasteiger partial charge in [0.1, 0.15) is 30.1 Å². The molecule has 1 aromatic carbocycles. The first kappa shape index (κ1) is 54.6. The molecular formula is C53H81NO13. The average molecular weight is 940 g/mol. The smallest absolute Gasteiger partial charge is 0.329 e. The van der Waals surface area contributed by atoms with E-state index in [4.69, 9.17) is 28.4 Å². The summed E-state index contributed by atoms with van der Waals surface area (Å²) in [7, 11) is 4.71. The van der Waals surface area contributed by atoms with Crippen LogP contribution in [0.1, 0.15) is 135 Å². The van der Waals surface area contributed by atoms with Gasteiger partial charge in [-0.15, -0.1) is 0 Å². The molecule has 0 aromatic heterocycles. The van der Waals surface area contributed by atoms with E-state index in [-0.39, 0.29) is 62.2 Å². The zero-order chi connectivity index (χ0) is 49.3. The van der Waals surface area contributed by atoms with Crippen molar-refractivity contribution >= 4 is 23.4 Å². The Bertz CT molecular complexity index is 1900. The minimum Gasteiger partial charge on any atom is -0.456 e. The standard InChI is InChI=1S/C53H81NO13/c1-12-38-21-30(2)20-33(5)24-46(63-10)49-47(64-11)26-35(7)53(61,67-49)50(58)51(59)54-18-14-13-15-40(54)52(60)66-48(36(8)41(55)28-42(38)56)34(6)25-37-16-17-44(45(27-37)62-9)65-29-43(57)39-22-31(3)19-32(4)23-39/h19,21-23,25,33,35-38,40-41,43-49,55,57,61H,12-18,20,24,26-29H2,1-11H3/b30-21+,34-25+/t33-,35+,36+,37-,38+,40-,41-,43+,44+,45+,46?,47-,48+,49+,53+/m0/s1. The number of esters is 1. The third kappa shape index (κ3) is 13.5. The van der Waals surface area contributed by atoms with Crippen LogP contribution in [-0.2, 0) is 47.6 Å². The minimum atomic E-state index is -2.52. The zero-order valence-corrected chi connectivity index (χ0v) is 42.0. The maximum atomic E-state index is 14.5. The van der Waals surface area contributed by atoms with Crippen molar-refractivity contribution in [1.29, 1.82) is 0 Å². The fraction of sp³-hybridized carbons (Fsp3) is 0.736. The van der Waals surface area contributed by atoms with Gasteiger partial charge in [-0.1, -0.05) is 74.7 Å². The number of allylic oxidation sites excluding steroid dienone is 3. The normalized spacial score (nSPS) is 37.2. The van der Waals surface area contributed by atoms with Crippen molar-refractivity contribution in [3.05, 3.63) is 58.2 Å². The molecule has 5 rings (SSSR count). The average Bonchev–Trinajstić information content (AvgIpc) is 3.30. The number of ketones is 2. The van der Waals surface area contributed by atoms with E-state index in [1.54, 1.807) is 21.0 Å². The number of benzene rings is 1. The van der Waals surface area contributed by atoms with E-state index in [2.05, 4.69) is 13.0 Å². The molecule has 1 saturated carbocycles. The summed E-state index contributed by atoms with van der Waals surface area (Å²) in [4.78, 5) is 58.5. The number of methoxy groups -OCH3 is 3. The lowest BCUT2D eigenvalue weighted by molar-refractivity contribution is -0.302. The van der Waals surface area contributed by atoms with Crippen molar-refractivity contribution in [1.82, 2.24) is 4.90 Å². The molecule has 2 bridgehead atoms. The van der Waals surface area contributed by atoms with Gasteiger partial charge >= 0.3 is 5.97 Å². The molecule has 0 spiro atoms. The van der Waals surface area contributed by atoms with Crippen LogP contribution in [0.25, 0.3) is 0 Å². The number of aliphatic hydroxyl groups excluding tert-OH is 2. The topological polar surface area (TPSA) is 188 Å². The van der Waals surface area contributed by atoms with Crippen LogP contribution >= 0.6 is 0 Å². The number of Topliss-reactive ketones (excluding diaryl/α,β-unsaturated/α-hetero) is 2. The SMILES string of the molecule is CC[C@@H]1/C=C(\C)C[C@H](C)CC(OC)[C@H]2O[C@@](O)(C(=O)C(=O)N3CCCC[C@H]3C(=O)O[C@H](/C(C)=C/[C@@H]3CC[C@@H](OC[C@@H](O)c4cc(C)cc(C)c4)[C@H](OC)C3)[C@H](C)[C@@H](O)CC1=O)[C@H](C)C[C@@H]2OC. The minimum absolute atomic E-state index is 0.0215. The molecule has 15 atom stereocenters. The number of aryl methyl sites for hydroxylation is 2. The third-order valence-electron chi connectivity index (χ3n) is 15.0. The Balaban J connectivity index is 1.45. The number of rotatable bonds is 10. The lowest BCUT2D eigenvalue weighted by atomic mass is 9.81. The number of hydrogen-bond donors (Lipinski definition) is 3. The summed E-state index contributed by atoms with van der Waals surface area (Å²) in [5, 5.41) is 35.0. The summed E-state index contributed by atoms with van der Waals surface area (Å²) in [6.45, 7) is 15.4. The summed E-state index contributed by atoms with van der Waals surface area (Å²) < 4.78 is 36.7. The van der Waals surface area contributed by atoms with Gasteiger partial charge in [0.25, 0.3) is 11.7 Å². The van der Waals surface area contributed by atoms with Crippen molar-refractivity contribution in [3.63, 3.8) is 0 Å². The van der Waals surface area contributed by atoms with E-state index in [1.807, 2.05) is 58.9 Å². The summed E-state index contributed by atoms with van der Waals surface area (Å²) in [5.41, 5.74) is 4.59. The van der Waals surface area contributed by atoms with Gasteiger partial charge in [0, 0.05) is 52.0 Å². The second-order valence-electron chi connectivity index (χ2n) is 20.4. The third-order valence-corrected chi connectivity index (χ3v) is 15.0. The first-order chi connectivity index (χ1) is 31.7. The molecule has 14 nitrogen and oxygen atoms in total. The number of aliphatic hydroxyl groups is 3. The first-order valence-electron chi connectivity index (χ1n) is 24.7. The van der Waals surface area contributed by atoms with Crippen molar-refractivity contribution < 1.29 is 62.9 Å². The van der Waals surface area contributed by atoms with Crippen LogP contribution in [0.15, 0.2) is 41.5 Å². The second kappa shape index (κ2) is 24.5. The van der Waals surface area contributed by atoms with Crippen molar-refractivity contribution in [2.24, 2.45) is 29.6 Å². The molecule has 14 heteroatoms. The predicted molar refractivity (Wildman–Crippen MR) is 253 cm³/mol. The molecule has 4 aliphatic rings. The van der Waals surface area contributed by atoms with Gasteiger partial charge in [0.15, 0.2) is 0 Å². The number of nitrogens with zero attached hydrogens (tertiary/aromatic N) is 1. The number of amides is 1. The molecule has 1 amide bonds. The van der Waals surface area contributed by atoms with E-state index in [1.165, 1.54) is 19.1 Å². The van der Waals surface area contributed by atoms with Crippen molar-refractivity contribution in [2.75, 3.05) is 34.5 Å². The van der Waals surface area contributed by atoms with Crippen LogP contribution in [-0.4, -0.2) is 133 Å². The number of carbonyl (C=O) groups is 4. The fourth-order valence-electron chi connectivity index (χ4n) is 11.1. The van der Waals surface area contributed by atoms with Crippen LogP contribution in [0, 0.1) is 43.4 Å². The summed E-state index contributed by atoms with van der Waals surface area (Å²) >= 11 is 0. The molecule has 3 aliphatic heterocycles. The number of ether oxygens (including phenoxy) is 6. The predicted octanol–water partition coefficient (Wildman–Crippen LogP) is 6.85. The molecule has 3 heterocycles. The summed E-state index contributed by atoms with van der Waals surface area (Å²) in [6.07, 6.45) is 3.38. The van der Waals surface area contributed by atoms with Crippen molar-refractivity contribution in [2.45, 2.75) is 187 Å². The molecule has 0 radical (unpaired) electrons. The lowest BCUT2D eigenvalue weighted by Gasteiger charge is -2.47. The lowest BCUT2D eigenvalue weighted by Crippen LogP contribution is -2.64. The van der Waals surface area contributed by atoms with Gasteiger partial charge in [-0.2, -0.15) is 0 Å². The van der Waals surface area contributed by atoms with Crippen LogP contribution in [0.2, 0.25) is 0 Å². The second-order valence-corrected chi connectivity index (χ2v) is 20.4. The van der Waals surface area contributed by atoms with E-state index >= 15 is 0 Å². The highest BCUT2D eigenvalue weighted by Gasteiger charge is 2.56. The molecular weight excluding hydrogens is 859 g/mol. The molecule has 2 saturated heterocycles. The number of carbonyl (C=O) groups excluding carboxylic acids is 4. The quantitative estimate of drug-likeness (QED) is 0.126. The molecule has 3 fully saturated rings. The zero-order valence-electron chi connectivity index (χ0n) is 42.0. The Morgan fingerprint density at radius 1 is 0.881 bits per heavy atom. The maximum Gasteiger partial charge on any atom is 0.329 e. The van der Waals surface area contributed by atoms with Crippen LogP contribution in [0.4, 0.5) is 0 Å². The van der Waals surface area contributed by atoms with E-state index in [9.17, 15) is 34.5 Å². The Kier molecular flexibility index (Phi) is 19.9. The van der Waals surface area contributed by atoms with Crippen molar-refractivity contribution in [3.8, 4) is 0 Å². The van der Waals surface area contributed by atoms with Gasteiger partial charge in [-0.05, 0) is 115 Å². The first-order valence-corrected chi connectivity index (χ1v) is 24.7. The van der Waals surface area contributed by atoms with Gasteiger partial charge in [0.2, 0.25) is 5.79 Å². The highest BCUT2D eigenvalue weighted by molar-refractivity contribution is 6.39. The van der Waals surface area contributed by atoms with Crippen LogP contribution < -0.4 is 0 Å². The van der Waals surface area contributed by atoms with E-state index < -0.39 is 83.9 Å². The van der Waals surface area contributed by atoms with Gasteiger partial charge in [-0.3, -0.25) is 14.4 Å². The Morgan fingerprint density at radius 2 is 1.54 bits per heavy atom. The highest BCUT2D eigenvalue weighted by Crippen LogP contribution is 2.39. The number of hydrogen-bond acceptors (Lipinski definition) is 13.